The number of hydrogen-bond acceptors (Lipinski definition) is 1. The summed E-state index contributed by atoms with van der Waals surface area (Å²) in [6, 6.07) is 5.60. The van der Waals surface area contributed by atoms with Crippen molar-refractivity contribution in [2.24, 2.45) is 0 Å². The van der Waals surface area contributed by atoms with Crippen LogP contribution in [0.3, 0.4) is 0 Å². The number of rotatable bonds is 1. The normalized spacial score (nSPS) is 20.3. The molecular formula is C9H10BrClFN. The van der Waals surface area contributed by atoms with Gasteiger partial charge in [-0.15, -0.1) is 12.4 Å². The van der Waals surface area contributed by atoms with Gasteiger partial charge in [-0.25, -0.2) is 4.39 Å². The van der Waals surface area contributed by atoms with Gasteiger partial charge in [-0.1, -0.05) is 6.07 Å². The van der Waals surface area contributed by atoms with E-state index in [4.69, 9.17) is 0 Å². The molecule has 0 amide bonds. The molecule has 0 unspecified atom stereocenters. The lowest BCUT2D eigenvalue weighted by Gasteiger charge is -2.28. The van der Waals surface area contributed by atoms with Gasteiger partial charge in [0, 0.05) is 6.04 Å². The molecular weight excluding hydrogens is 256 g/mol. The van der Waals surface area contributed by atoms with Gasteiger partial charge in [-0.3, -0.25) is 0 Å². The van der Waals surface area contributed by atoms with E-state index in [9.17, 15) is 4.39 Å². The van der Waals surface area contributed by atoms with Crippen molar-refractivity contribution in [2.45, 2.75) is 12.5 Å². The maximum atomic E-state index is 12.8. The Morgan fingerprint density at radius 1 is 1.46 bits per heavy atom. The summed E-state index contributed by atoms with van der Waals surface area (Å²) < 4.78 is 13.4. The molecule has 72 valence electrons. The summed E-state index contributed by atoms with van der Waals surface area (Å²) in [6.07, 6.45) is 1.15. The molecule has 0 spiro atoms. The van der Waals surface area contributed by atoms with Gasteiger partial charge in [0.15, 0.2) is 0 Å². The first kappa shape index (κ1) is 11.0. The summed E-state index contributed by atoms with van der Waals surface area (Å²) in [6.45, 7) is 1.07. The Labute approximate surface area is 91.3 Å². The Kier molecular flexibility index (Phi) is 3.71. The van der Waals surface area contributed by atoms with Crippen LogP contribution in [0.15, 0.2) is 22.7 Å². The van der Waals surface area contributed by atoms with E-state index in [1.165, 1.54) is 6.07 Å². The Morgan fingerprint density at radius 3 is 2.62 bits per heavy atom. The van der Waals surface area contributed by atoms with Crippen LogP contribution in [0.1, 0.15) is 18.0 Å². The molecule has 1 aliphatic heterocycles. The first-order valence-corrected chi connectivity index (χ1v) is 4.75. The molecule has 1 aromatic rings. The van der Waals surface area contributed by atoms with Crippen LogP contribution in [0.4, 0.5) is 4.39 Å². The SMILES string of the molecule is Cl.Fc1ccc([C@@H]2CCN2)cc1Br. The monoisotopic (exact) mass is 265 g/mol. The van der Waals surface area contributed by atoms with E-state index in [1.807, 2.05) is 12.1 Å². The third kappa shape index (κ3) is 2.22. The molecule has 1 nitrogen and oxygen atoms in total. The Morgan fingerprint density at radius 2 is 2.15 bits per heavy atom. The lowest BCUT2D eigenvalue weighted by Crippen LogP contribution is -2.34. The maximum Gasteiger partial charge on any atom is 0.137 e. The minimum Gasteiger partial charge on any atom is -0.310 e. The zero-order valence-corrected chi connectivity index (χ0v) is 9.29. The van der Waals surface area contributed by atoms with E-state index < -0.39 is 0 Å². The fourth-order valence-electron chi connectivity index (χ4n) is 1.30. The number of nitrogens with one attached hydrogen (secondary N) is 1. The molecule has 2 rings (SSSR count). The fourth-order valence-corrected chi connectivity index (χ4v) is 1.70. The highest BCUT2D eigenvalue weighted by atomic mass is 79.9. The van der Waals surface area contributed by atoms with Crippen molar-refractivity contribution >= 4 is 28.3 Å². The molecule has 1 aliphatic rings. The lowest BCUT2D eigenvalue weighted by molar-refractivity contribution is 0.382. The molecule has 1 saturated heterocycles. The van der Waals surface area contributed by atoms with E-state index in [2.05, 4.69) is 21.2 Å². The van der Waals surface area contributed by atoms with Crippen LogP contribution < -0.4 is 5.32 Å². The molecule has 1 fully saturated rings. The fraction of sp³-hybridized carbons (Fsp3) is 0.333. The van der Waals surface area contributed by atoms with E-state index in [0.717, 1.165) is 18.5 Å². The average molecular weight is 267 g/mol. The third-order valence-electron chi connectivity index (χ3n) is 2.17. The molecule has 0 bridgehead atoms. The average Bonchev–Trinajstić information content (AvgIpc) is 1.93. The van der Waals surface area contributed by atoms with Crippen LogP contribution in [0.2, 0.25) is 0 Å². The standard InChI is InChI=1S/C9H9BrFN.ClH/c10-7-5-6(1-2-8(7)11)9-3-4-12-9;/h1-2,5,9,12H,3-4H2;1H/t9-;/m0./s1. The number of hydrogen-bond donors (Lipinski definition) is 1. The summed E-state index contributed by atoms with van der Waals surface area (Å²) in [4.78, 5) is 0. The highest BCUT2D eigenvalue weighted by Gasteiger charge is 2.18. The van der Waals surface area contributed by atoms with Gasteiger partial charge in [0.05, 0.1) is 4.47 Å². The third-order valence-corrected chi connectivity index (χ3v) is 2.78. The van der Waals surface area contributed by atoms with Gasteiger partial charge in [0.25, 0.3) is 0 Å². The molecule has 13 heavy (non-hydrogen) atoms. The van der Waals surface area contributed by atoms with Crippen molar-refractivity contribution in [1.82, 2.24) is 5.32 Å². The van der Waals surface area contributed by atoms with Crippen LogP contribution in [0.5, 0.6) is 0 Å². The topological polar surface area (TPSA) is 12.0 Å². The van der Waals surface area contributed by atoms with Gasteiger partial charge in [0.2, 0.25) is 0 Å². The molecule has 1 heterocycles. The summed E-state index contributed by atoms with van der Waals surface area (Å²) in [5.74, 6) is -0.196. The van der Waals surface area contributed by atoms with Crippen molar-refractivity contribution < 1.29 is 4.39 Å². The summed E-state index contributed by atoms with van der Waals surface area (Å²) >= 11 is 3.16. The first-order valence-electron chi connectivity index (χ1n) is 3.96. The first-order chi connectivity index (χ1) is 5.77. The zero-order valence-electron chi connectivity index (χ0n) is 6.89. The summed E-state index contributed by atoms with van der Waals surface area (Å²) in [7, 11) is 0. The van der Waals surface area contributed by atoms with Crippen molar-refractivity contribution in [3.63, 3.8) is 0 Å². The lowest BCUT2D eigenvalue weighted by atomic mass is 9.98. The van der Waals surface area contributed by atoms with Crippen molar-refractivity contribution in [3.05, 3.63) is 34.1 Å². The van der Waals surface area contributed by atoms with Crippen molar-refractivity contribution in [2.75, 3.05) is 6.54 Å². The molecule has 4 heteroatoms. The smallest absolute Gasteiger partial charge is 0.137 e. The maximum absolute atomic E-state index is 12.8. The van der Waals surface area contributed by atoms with E-state index >= 15 is 0 Å². The van der Waals surface area contributed by atoms with Gasteiger partial charge in [0.1, 0.15) is 5.82 Å². The molecule has 0 aliphatic carbocycles. The summed E-state index contributed by atoms with van der Waals surface area (Å²) in [5, 5.41) is 3.27. The number of halogens is 3. The molecule has 0 radical (unpaired) electrons. The van der Waals surface area contributed by atoms with Crippen LogP contribution in [-0.4, -0.2) is 6.54 Å². The predicted molar refractivity (Wildman–Crippen MR) is 56.7 cm³/mol. The largest absolute Gasteiger partial charge is 0.310 e. The number of benzene rings is 1. The van der Waals surface area contributed by atoms with Crippen LogP contribution in [-0.2, 0) is 0 Å². The summed E-state index contributed by atoms with van der Waals surface area (Å²) in [5.41, 5.74) is 1.16. The van der Waals surface area contributed by atoms with Crippen LogP contribution in [0, 0.1) is 5.82 Å². The van der Waals surface area contributed by atoms with E-state index in [-0.39, 0.29) is 18.2 Å². The second-order valence-corrected chi connectivity index (χ2v) is 3.82. The van der Waals surface area contributed by atoms with E-state index in [1.54, 1.807) is 0 Å². The quantitative estimate of drug-likeness (QED) is 0.824. The van der Waals surface area contributed by atoms with Crippen LogP contribution in [0.25, 0.3) is 0 Å². The highest BCUT2D eigenvalue weighted by Crippen LogP contribution is 2.26. The van der Waals surface area contributed by atoms with Gasteiger partial charge < -0.3 is 5.32 Å². The second kappa shape index (κ2) is 4.40. The van der Waals surface area contributed by atoms with Gasteiger partial charge in [-0.2, -0.15) is 0 Å². The van der Waals surface area contributed by atoms with E-state index in [0.29, 0.717) is 10.5 Å². The van der Waals surface area contributed by atoms with Crippen molar-refractivity contribution in [3.8, 4) is 0 Å². The Bertz CT molecular complexity index is 302. The minimum absolute atomic E-state index is 0. The molecule has 1 aromatic carbocycles. The molecule has 0 saturated carbocycles. The molecule has 1 N–H and O–H groups in total. The zero-order chi connectivity index (χ0) is 8.55. The van der Waals surface area contributed by atoms with Gasteiger partial charge >= 0.3 is 0 Å². The second-order valence-electron chi connectivity index (χ2n) is 2.97. The minimum atomic E-state index is -0.196. The Balaban J connectivity index is 0.000000845. The highest BCUT2D eigenvalue weighted by molar-refractivity contribution is 9.10. The van der Waals surface area contributed by atoms with Crippen LogP contribution >= 0.6 is 28.3 Å². The molecule has 1 atom stereocenters. The Hall–Kier alpha value is -0.120. The predicted octanol–water partition coefficient (Wildman–Crippen LogP) is 3.04. The van der Waals surface area contributed by atoms with Gasteiger partial charge in [-0.05, 0) is 46.6 Å². The van der Waals surface area contributed by atoms with Crippen molar-refractivity contribution in [1.29, 1.82) is 0 Å². The molecule has 0 aromatic heterocycles.